The van der Waals surface area contributed by atoms with Crippen LogP contribution in [0.4, 0.5) is 5.69 Å². The fourth-order valence-electron chi connectivity index (χ4n) is 1.77. The van der Waals surface area contributed by atoms with Crippen molar-refractivity contribution in [2.75, 3.05) is 18.6 Å². The zero-order valence-corrected chi connectivity index (χ0v) is 8.99. The molecule has 0 spiro atoms. The topological polar surface area (TPSA) is 6.48 Å². The molecule has 2 heteroatoms. The van der Waals surface area contributed by atoms with Crippen molar-refractivity contribution in [1.29, 1.82) is 0 Å². The van der Waals surface area contributed by atoms with Crippen molar-refractivity contribution in [3.8, 4) is 0 Å². The number of benzene rings is 1. The lowest BCUT2D eigenvalue weighted by molar-refractivity contribution is 0.422. The Labute approximate surface area is 85.4 Å². The Hall–Kier alpha value is -1.44. The van der Waals surface area contributed by atoms with Crippen molar-refractivity contribution in [2.24, 2.45) is 0 Å². The normalized spacial score (nSPS) is 16.8. The van der Waals surface area contributed by atoms with E-state index < -0.39 is 0 Å². The Kier molecular flexibility index (Phi) is 2.20. The first-order valence-corrected chi connectivity index (χ1v) is 4.92. The summed E-state index contributed by atoms with van der Waals surface area (Å²) in [6, 6.07) is 10.5. The Bertz CT molecular complexity index is 354. The van der Waals surface area contributed by atoms with Crippen LogP contribution in [0.5, 0.6) is 0 Å². The van der Waals surface area contributed by atoms with Gasteiger partial charge in [-0.1, -0.05) is 18.2 Å². The van der Waals surface area contributed by atoms with Gasteiger partial charge in [-0.2, -0.15) is 0 Å². The van der Waals surface area contributed by atoms with Gasteiger partial charge in [0.2, 0.25) is 0 Å². The van der Waals surface area contributed by atoms with E-state index in [1.165, 1.54) is 17.0 Å². The SMILES string of the molecule is CC1=C(C)N(C)N(c2ccccc2)C1. The summed E-state index contributed by atoms with van der Waals surface area (Å²) in [5.41, 5.74) is 4.05. The standard InChI is InChI=1S/C12H16N2/c1-10-9-14(13(3)11(10)2)12-7-5-4-6-8-12/h4-8H,9H2,1-3H3. The summed E-state index contributed by atoms with van der Waals surface area (Å²) in [6.45, 7) is 5.36. The van der Waals surface area contributed by atoms with Crippen molar-refractivity contribution < 1.29 is 0 Å². The summed E-state index contributed by atoms with van der Waals surface area (Å²) >= 11 is 0. The first kappa shape index (κ1) is 9.13. The minimum Gasteiger partial charge on any atom is -0.293 e. The molecule has 0 saturated carbocycles. The van der Waals surface area contributed by atoms with Crippen molar-refractivity contribution in [2.45, 2.75) is 13.8 Å². The van der Waals surface area contributed by atoms with Crippen LogP contribution in [0.2, 0.25) is 0 Å². The minimum atomic E-state index is 1.01. The van der Waals surface area contributed by atoms with Crippen LogP contribution < -0.4 is 5.01 Å². The van der Waals surface area contributed by atoms with E-state index in [1.807, 2.05) is 6.07 Å². The van der Waals surface area contributed by atoms with E-state index in [0.29, 0.717) is 0 Å². The van der Waals surface area contributed by atoms with Crippen LogP contribution in [-0.2, 0) is 0 Å². The molecule has 1 aromatic carbocycles. The van der Waals surface area contributed by atoms with E-state index >= 15 is 0 Å². The number of hydrogen-bond donors (Lipinski definition) is 0. The molecule has 0 atom stereocenters. The maximum Gasteiger partial charge on any atom is 0.0623 e. The third-order valence-corrected chi connectivity index (χ3v) is 2.91. The molecule has 1 aliphatic heterocycles. The second-order valence-corrected chi connectivity index (χ2v) is 3.78. The average Bonchev–Trinajstić information content (AvgIpc) is 2.47. The van der Waals surface area contributed by atoms with Crippen LogP contribution in [0.25, 0.3) is 0 Å². The van der Waals surface area contributed by atoms with E-state index in [9.17, 15) is 0 Å². The maximum absolute atomic E-state index is 2.28. The summed E-state index contributed by atoms with van der Waals surface area (Å²) in [7, 11) is 2.11. The molecule has 14 heavy (non-hydrogen) atoms. The minimum absolute atomic E-state index is 1.01. The summed E-state index contributed by atoms with van der Waals surface area (Å²) in [6.07, 6.45) is 0. The highest BCUT2D eigenvalue weighted by molar-refractivity contribution is 5.49. The van der Waals surface area contributed by atoms with Crippen molar-refractivity contribution in [3.05, 3.63) is 41.6 Å². The molecular formula is C12H16N2. The lowest BCUT2D eigenvalue weighted by Gasteiger charge is -2.29. The number of allylic oxidation sites excluding steroid dienone is 1. The molecule has 0 aromatic heterocycles. The van der Waals surface area contributed by atoms with Crippen molar-refractivity contribution >= 4 is 5.69 Å². The molecule has 74 valence electrons. The number of hydrazine groups is 1. The van der Waals surface area contributed by atoms with Gasteiger partial charge in [0.25, 0.3) is 0 Å². The lowest BCUT2D eigenvalue weighted by atomic mass is 10.2. The molecule has 0 saturated heterocycles. The number of para-hydroxylation sites is 1. The zero-order valence-electron chi connectivity index (χ0n) is 8.99. The van der Waals surface area contributed by atoms with Crippen molar-refractivity contribution in [1.82, 2.24) is 5.01 Å². The number of nitrogens with zero attached hydrogens (tertiary/aromatic N) is 2. The van der Waals surface area contributed by atoms with E-state index in [1.54, 1.807) is 0 Å². The Balaban J connectivity index is 2.25. The van der Waals surface area contributed by atoms with Gasteiger partial charge in [-0.3, -0.25) is 10.0 Å². The summed E-state index contributed by atoms with van der Waals surface area (Å²) in [4.78, 5) is 0. The molecule has 0 radical (unpaired) electrons. The Morgan fingerprint density at radius 3 is 2.21 bits per heavy atom. The van der Waals surface area contributed by atoms with Crippen LogP contribution in [0.3, 0.4) is 0 Å². The van der Waals surface area contributed by atoms with Crippen LogP contribution in [-0.4, -0.2) is 18.6 Å². The number of hydrogen-bond acceptors (Lipinski definition) is 2. The van der Waals surface area contributed by atoms with Crippen molar-refractivity contribution in [3.63, 3.8) is 0 Å². The first-order valence-electron chi connectivity index (χ1n) is 4.92. The van der Waals surface area contributed by atoms with Crippen LogP contribution in [0.1, 0.15) is 13.8 Å². The number of anilines is 1. The van der Waals surface area contributed by atoms with Gasteiger partial charge in [0.05, 0.1) is 12.2 Å². The highest BCUT2D eigenvalue weighted by atomic mass is 15.6. The molecular weight excluding hydrogens is 172 g/mol. The molecule has 0 amide bonds. The van der Waals surface area contributed by atoms with Gasteiger partial charge in [-0.25, -0.2) is 0 Å². The lowest BCUT2D eigenvalue weighted by Crippen LogP contribution is -2.33. The van der Waals surface area contributed by atoms with E-state index in [0.717, 1.165) is 6.54 Å². The molecule has 0 fully saturated rings. The van der Waals surface area contributed by atoms with Gasteiger partial charge >= 0.3 is 0 Å². The highest BCUT2D eigenvalue weighted by Crippen LogP contribution is 2.26. The maximum atomic E-state index is 2.28. The fourth-order valence-corrected chi connectivity index (χ4v) is 1.77. The molecule has 0 N–H and O–H groups in total. The van der Waals surface area contributed by atoms with Gasteiger partial charge in [0.15, 0.2) is 0 Å². The predicted octanol–water partition coefficient (Wildman–Crippen LogP) is 2.65. The number of rotatable bonds is 1. The highest BCUT2D eigenvalue weighted by Gasteiger charge is 2.21. The van der Waals surface area contributed by atoms with E-state index in [4.69, 9.17) is 0 Å². The predicted molar refractivity (Wildman–Crippen MR) is 59.9 cm³/mol. The largest absolute Gasteiger partial charge is 0.293 e. The van der Waals surface area contributed by atoms with Crippen LogP contribution in [0.15, 0.2) is 41.6 Å². The Morgan fingerprint density at radius 2 is 1.71 bits per heavy atom. The molecule has 2 nitrogen and oxygen atoms in total. The summed E-state index contributed by atoms with van der Waals surface area (Å²) in [5, 5.41) is 4.50. The smallest absolute Gasteiger partial charge is 0.0623 e. The van der Waals surface area contributed by atoms with E-state index in [-0.39, 0.29) is 0 Å². The molecule has 2 rings (SSSR count). The third-order valence-electron chi connectivity index (χ3n) is 2.91. The van der Waals surface area contributed by atoms with Gasteiger partial charge in [0.1, 0.15) is 0 Å². The fraction of sp³-hybridized carbons (Fsp3) is 0.333. The van der Waals surface area contributed by atoms with Crippen LogP contribution >= 0.6 is 0 Å². The van der Waals surface area contributed by atoms with Gasteiger partial charge in [-0.05, 0) is 31.6 Å². The average molecular weight is 188 g/mol. The molecule has 0 bridgehead atoms. The van der Waals surface area contributed by atoms with Gasteiger partial charge in [0, 0.05) is 12.7 Å². The molecule has 1 heterocycles. The van der Waals surface area contributed by atoms with Gasteiger partial charge < -0.3 is 0 Å². The molecule has 0 aliphatic carbocycles. The third kappa shape index (κ3) is 1.37. The molecule has 1 aromatic rings. The summed E-state index contributed by atoms with van der Waals surface area (Å²) in [5.74, 6) is 0. The second kappa shape index (κ2) is 3.37. The summed E-state index contributed by atoms with van der Waals surface area (Å²) < 4.78 is 0. The first-order chi connectivity index (χ1) is 6.70. The van der Waals surface area contributed by atoms with Gasteiger partial charge in [-0.15, -0.1) is 0 Å². The molecule has 1 aliphatic rings. The quantitative estimate of drug-likeness (QED) is 0.668. The molecule has 0 unspecified atom stereocenters. The van der Waals surface area contributed by atoms with E-state index in [2.05, 4.69) is 55.2 Å². The van der Waals surface area contributed by atoms with Crippen LogP contribution in [0, 0.1) is 0 Å². The Morgan fingerprint density at radius 1 is 1.07 bits per heavy atom. The zero-order chi connectivity index (χ0) is 10.1. The second-order valence-electron chi connectivity index (χ2n) is 3.78. The monoisotopic (exact) mass is 188 g/mol.